The molecule has 0 aromatic carbocycles. The normalized spacial score (nSPS) is 10.4. The Morgan fingerprint density at radius 2 is 1.11 bits per heavy atom. The molecule has 0 unspecified atom stereocenters. The first-order valence-electron chi connectivity index (χ1n) is 11.1. The zero-order valence-electron chi connectivity index (χ0n) is 17.8. The fourth-order valence-electron chi connectivity index (χ4n) is 2.52. The smallest absolute Gasteiger partial charge is 0.157 e. The van der Waals surface area contributed by atoms with Gasteiger partial charge in [-0.25, -0.2) is 0 Å². The summed E-state index contributed by atoms with van der Waals surface area (Å²) in [4.78, 5) is 0. The molecule has 0 fully saturated rings. The molecule has 0 saturated carbocycles. The minimum Gasteiger partial charge on any atom is -0.352 e. The van der Waals surface area contributed by atoms with Gasteiger partial charge in [-0.05, 0) is 32.1 Å². The van der Waals surface area contributed by atoms with Gasteiger partial charge in [0.2, 0.25) is 0 Å². The Bertz CT molecular complexity index is 382. The predicted octanol–water partition coefficient (Wildman–Crippen LogP) is 7.25. The molecule has 0 aliphatic carbocycles. The molecule has 0 atom stereocenters. The maximum Gasteiger partial charge on any atom is 0.157 e. The zero-order valence-corrected chi connectivity index (χ0v) is 19.4. The summed E-state index contributed by atoms with van der Waals surface area (Å²) in [6.07, 6.45) is 15.5. The molecule has 0 radical (unpaired) electrons. The molecule has 3 heteroatoms. The lowest BCUT2D eigenvalue weighted by Gasteiger charge is -2.17. The quantitative estimate of drug-likeness (QED) is 0.102. The van der Waals surface area contributed by atoms with Gasteiger partial charge in [-0.15, -0.1) is 23.7 Å². The molecule has 0 amide bonds. The van der Waals surface area contributed by atoms with Gasteiger partial charge in [0, 0.05) is 31.0 Å². The van der Waals surface area contributed by atoms with Crippen LogP contribution in [0, 0.1) is 23.7 Å². The number of rotatable bonds is 17. The van der Waals surface area contributed by atoms with Crippen LogP contribution in [0.3, 0.4) is 0 Å². The first-order valence-corrected chi connectivity index (χ1v) is 12.2. The van der Waals surface area contributed by atoms with E-state index in [1.807, 2.05) is 0 Å². The highest BCUT2D eigenvalue weighted by Crippen LogP contribution is 2.12. The van der Waals surface area contributed by atoms with Crippen molar-refractivity contribution in [1.29, 1.82) is 0 Å². The van der Waals surface area contributed by atoms with Gasteiger partial charge in [-0.3, -0.25) is 0 Å². The van der Waals surface area contributed by atoms with E-state index in [2.05, 4.69) is 53.5 Å². The summed E-state index contributed by atoms with van der Waals surface area (Å²) in [6.45, 7) is 5.72. The van der Waals surface area contributed by atoms with E-state index in [1.54, 1.807) is 0 Å². The number of ether oxygens (including phenoxy) is 2. The highest BCUT2D eigenvalue weighted by Gasteiger charge is 2.08. The van der Waals surface area contributed by atoms with Crippen molar-refractivity contribution in [2.24, 2.45) is 0 Å². The van der Waals surface area contributed by atoms with Gasteiger partial charge in [0.05, 0.1) is 13.2 Å². The van der Waals surface area contributed by atoms with E-state index in [0.29, 0.717) is 13.2 Å². The molecule has 0 aliphatic rings. The third-order valence-corrected chi connectivity index (χ3v) is 4.76. The number of hydrogen-bond acceptors (Lipinski definition) is 2. The third kappa shape index (κ3) is 21.7. The average molecular weight is 441 g/mol. The van der Waals surface area contributed by atoms with E-state index < -0.39 is 0 Å². The standard InChI is InChI=1S/C24H41BrO2/c1-3-5-7-9-14-18-22-26-24(20-16-12-11-13-17-21-25)27-23-19-15-10-8-6-4-2/h24H,3-8,11-13,16-23H2,1-2H3. The molecule has 0 saturated heterocycles. The first kappa shape index (κ1) is 26.5. The van der Waals surface area contributed by atoms with Gasteiger partial charge in [-0.2, -0.15) is 0 Å². The Morgan fingerprint density at radius 1 is 0.630 bits per heavy atom. The van der Waals surface area contributed by atoms with Crippen molar-refractivity contribution in [1.82, 2.24) is 0 Å². The Morgan fingerprint density at radius 3 is 1.63 bits per heavy atom. The molecule has 27 heavy (non-hydrogen) atoms. The summed E-state index contributed by atoms with van der Waals surface area (Å²) in [5, 5.41) is 1.11. The van der Waals surface area contributed by atoms with E-state index in [9.17, 15) is 0 Å². The van der Waals surface area contributed by atoms with Gasteiger partial charge >= 0.3 is 0 Å². The molecule has 0 aliphatic heterocycles. The molecule has 0 spiro atoms. The van der Waals surface area contributed by atoms with Crippen LogP contribution in [0.25, 0.3) is 0 Å². The Hall–Kier alpha value is -0.480. The Kier molecular flexibility index (Phi) is 23.1. The van der Waals surface area contributed by atoms with Crippen LogP contribution in [0.15, 0.2) is 0 Å². The van der Waals surface area contributed by atoms with Gasteiger partial charge in [0.25, 0.3) is 0 Å². The van der Waals surface area contributed by atoms with E-state index in [4.69, 9.17) is 9.47 Å². The minimum atomic E-state index is -0.101. The number of halogens is 1. The lowest BCUT2D eigenvalue weighted by atomic mass is 10.1. The third-order valence-electron chi connectivity index (χ3n) is 4.20. The second kappa shape index (κ2) is 23.6. The van der Waals surface area contributed by atoms with Crippen LogP contribution in [-0.2, 0) is 9.47 Å². The van der Waals surface area contributed by atoms with Gasteiger partial charge < -0.3 is 9.47 Å². The summed E-state index contributed by atoms with van der Waals surface area (Å²) in [6, 6.07) is 0. The van der Waals surface area contributed by atoms with Gasteiger partial charge in [0.15, 0.2) is 6.29 Å². The zero-order chi connectivity index (χ0) is 19.8. The van der Waals surface area contributed by atoms with Crippen LogP contribution in [0.2, 0.25) is 0 Å². The summed E-state index contributed by atoms with van der Waals surface area (Å²) < 4.78 is 11.9. The van der Waals surface area contributed by atoms with Crippen molar-refractivity contribution >= 4 is 15.9 Å². The van der Waals surface area contributed by atoms with E-state index in [-0.39, 0.29) is 6.29 Å². The largest absolute Gasteiger partial charge is 0.352 e. The molecule has 0 aromatic rings. The first-order chi connectivity index (χ1) is 13.3. The SMILES string of the molecule is CCCCC#CCCOC(CCCCCCCBr)OCCC#CCCCC. The van der Waals surface area contributed by atoms with Crippen LogP contribution in [0.5, 0.6) is 0 Å². The molecular formula is C24H41BrO2. The van der Waals surface area contributed by atoms with Crippen LogP contribution >= 0.6 is 15.9 Å². The predicted molar refractivity (Wildman–Crippen MR) is 121 cm³/mol. The monoisotopic (exact) mass is 440 g/mol. The molecule has 0 heterocycles. The van der Waals surface area contributed by atoms with Crippen LogP contribution in [0.1, 0.15) is 104 Å². The van der Waals surface area contributed by atoms with Crippen LogP contribution in [0.4, 0.5) is 0 Å². The average Bonchev–Trinajstić information content (AvgIpc) is 2.68. The summed E-state index contributed by atoms with van der Waals surface area (Å²) in [7, 11) is 0. The van der Waals surface area contributed by atoms with E-state index in [0.717, 1.165) is 43.9 Å². The molecule has 0 N–H and O–H groups in total. The maximum absolute atomic E-state index is 5.94. The lowest BCUT2D eigenvalue weighted by molar-refractivity contribution is -0.144. The van der Waals surface area contributed by atoms with Crippen molar-refractivity contribution in [3.05, 3.63) is 0 Å². The molecule has 0 bridgehead atoms. The Balaban J connectivity index is 4.00. The van der Waals surface area contributed by atoms with Crippen molar-refractivity contribution in [3.63, 3.8) is 0 Å². The summed E-state index contributed by atoms with van der Waals surface area (Å²) >= 11 is 3.49. The fraction of sp³-hybridized carbons (Fsp3) is 0.833. The topological polar surface area (TPSA) is 18.5 Å². The van der Waals surface area contributed by atoms with Crippen molar-refractivity contribution in [2.45, 2.75) is 110 Å². The van der Waals surface area contributed by atoms with Gasteiger partial charge in [0.1, 0.15) is 0 Å². The minimum absolute atomic E-state index is 0.101. The highest BCUT2D eigenvalue weighted by molar-refractivity contribution is 9.09. The van der Waals surface area contributed by atoms with Crippen molar-refractivity contribution in [2.75, 3.05) is 18.5 Å². The fourth-order valence-corrected chi connectivity index (χ4v) is 2.91. The number of unbranched alkanes of at least 4 members (excludes halogenated alkanes) is 8. The van der Waals surface area contributed by atoms with E-state index >= 15 is 0 Å². The van der Waals surface area contributed by atoms with Crippen molar-refractivity contribution in [3.8, 4) is 23.7 Å². The summed E-state index contributed by atoms with van der Waals surface area (Å²) in [5.74, 6) is 12.8. The van der Waals surface area contributed by atoms with E-state index in [1.165, 1.54) is 51.4 Å². The summed E-state index contributed by atoms with van der Waals surface area (Å²) in [5.41, 5.74) is 0. The second-order valence-electron chi connectivity index (χ2n) is 6.83. The van der Waals surface area contributed by atoms with Crippen LogP contribution in [-0.4, -0.2) is 24.8 Å². The van der Waals surface area contributed by atoms with Gasteiger partial charge in [-0.1, -0.05) is 61.9 Å². The molecule has 0 rings (SSSR count). The number of hydrogen-bond donors (Lipinski definition) is 0. The Labute approximate surface area is 177 Å². The highest BCUT2D eigenvalue weighted by atomic mass is 79.9. The second-order valence-corrected chi connectivity index (χ2v) is 7.62. The molecule has 2 nitrogen and oxygen atoms in total. The molecular weight excluding hydrogens is 400 g/mol. The van der Waals surface area contributed by atoms with Crippen molar-refractivity contribution < 1.29 is 9.47 Å². The number of alkyl halides is 1. The molecule has 0 aromatic heterocycles. The lowest BCUT2D eigenvalue weighted by Crippen LogP contribution is -2.18. The molecule has 156 valence electrons. The maximum atomic E-state index is 5.94. The van der Waals surface area contributed by atoms with Crippen LogP contribution < -0.4 is 0 Å².